The quantitative estimate of drug-likeness (QED) is 0.517. The summed E-state index contributed by atoms with van der Waals surface area (Å²) in [6.07, 6.45) is 9.76. The SMILES string of the molecule is CCOC(=O)C(=CC1CCCC1)c1ccc(SC2CC2)c(C)c1. The van der Waals surface area contributed by atoms with Crippen LogP contribution in [-0.2, 0) is 9.53 Å². The van der Waals surface area contributed by atoms with E-state index in [0.717, 1.165) is 16.4 Å². The molecule has 0 spiro atoms. The van der Waals surface area contributed by atoms with E-state index in [1.807, 2.05) is 18.7 Å². The van der Waals surface area contributed by atoms with Crippen LogP contribution in [0.3, 0.4) is 0 Å². The third kappa shape index (κ3) is 4.41. The van der Waals surface area contributed by atoms with Gasteiger partial charge in [-0.15, -0.1) is 11.8 Å². The maximum atomic E-state index is 12.4. The molecule has 0 heterocycles. The number of hydrogen-bond acceptors (Lipinski definition) is 3. The van der Waals surface area contributed by atoms with E-state index < -0.39 is 0 Å². The largest absolute Gasteiger partial charge is 0.462 e. The summed E-state index contributed by atoms with van der Waals surface area (Å²) in [5, 5.41) is 0.804. The van der Waals surface area contributed by atoms with Crippen LogP contribution in [0.1, 0.15) is 56.6 Å². The molecule has 0 bridgehead atoms. The van der Waals surface area contributed by atoms with Gasteiger partial charge in [-0.25, -0.2) is 4.79 Å². The Morgan fingerprint density at radius 1 is 1.26 bits per heavy atom. The van der Waals surface area contributed by atoms with E-state index in [2.05, 4.69) is 31.2 Å². The van der Waals surface area contributed by atoms with E-state index in [0.29, 0.717) is 12.5 Å². The average Bonchev–Trinajstić information content (AvgIpc) is 3.20. The van der Waals surface area contributed by atoms with Crippen LogP contribution in [0.2, 0.25) is 0 Å². The molecule has 2 saturated carbocycles. The molecular weight excluding hydrogens is 304 g/mol. The van der Waals surface area contributed by atoms with Crippen molar-refractivity contribution in [2.24, 2.45) is 5.92 Å². The molecule has 3 heteroatoms. The minimum atomic E-state index is -0.179. The van der Waals surface area contributed by atoms with Crippen LogP contribution < -0.4 is 0 Å². The van der Waals surface area contributed by atoms with Gasteiger partial charge < -0.3 is 4.74 Å². The van der Waals surface area contributed by atoms with Crippen molar-refractivity contribution in [2.75, 3.05) is 6.61 Å². The fourth-order valence-electron chi connectivity index (χ4n) is 3.17. The molecule has 0 radical (unpaired) electrons. The summed E-state index contributed by atoms with van der Waals surface area (Å²) in [6, 6.07) is 6.42. The highest BCUT2D eigenvalue weighted by Gasteiger charge is 2.24. The molecule has 2 fully saturated rings. The number of carbonyl (C=O) groups is 1. The first kappa shape index (κ1) is 16.6. The van der Waals surface area contributed by atoms with Crippen molar-refractivity contribution in [2.45, 2.75) is 62.5 Å². The topological polar surface area (TPSA) is 26.3 Å². The zero-order valence-corrected chi connectivity index (χ0v) is 15.0. The molecule has 124 valence electrons. The zero-order chi connectivity index (χ0) is 16.2. The molecule has 0 N–H and O–H groups in total. The molecule has 0 unspecified atom stereocenters. The number of esters is 1. The third-order valence-corrected chi connectivity index (χ3v) is 6.12. The van der Waals surface area contributed by atoms with Crippen molar-refractivity contribution >= 4 is 23.3 Å². The van der Waals surface area contributed by atoms with Gasteiger partial charge in [-0.3, -0.25) is 0 Å². The molecule has 2 nitrogen and oxygen atoms in total. The number of hydrogen-bond donors (Lipinski definition) is 0. The van der Waals surface area contributed by atoms with Crippen LogP contribution in [0.4, 0.5) is 0 Å². The highest BCUT2D eigenvalue weighted by molar-refractivity contribution is 8.00. The van der Waals surface area contributed by atoms with E-state index >= 15 is 0 Å². The van der Waals surface area contributed by atoms with Crippen molar-refractivity contribution in [3.8, 4) is 0 Å². The Kier molecular flexibility index (Phi) is 5.47. The van der Waals surface area contributed by atoms with Gasteiger partial charge in [0.25, 0.3) is 0 Å². The molecule has 0 atom stereocenters. The summed E-state index contributed by atoms with van der Waals surface area (Å²) in [6.45, 7) is 4.44. The van der Waals surface area contributed by atoms with Gasteiger partial charge in [0.1, 0.15) is 0 Å². The molecule has 0 saturated heterocycles. The molecule has 0 amide bonds. The first-order valence-electron chi connectivity index (χ1n) is 8.84. The summed E-state index contributed by atoms with van der Waals surface area (Å²) in [7, 11) is 0. The first-order valence-corrected chi connectivity index (χ1v) is 9.72. The van der Waals surface area contributed by atoms with Crippen LogP contribution in [0.25, 0.3) is 5.57 Å². The standard InChI is InChI=1S/C20H26O2S/c1-3-22-20(21)18(13-15-6-4-5-7-15)16-8-11-19(14(2)12-16)23-17-9-10-17/h8,11-13,15,17H,3-7,9-10H2,1-2H3. The second-order valence-electron chi connectivity index (χ2n) is 6.64. The Hall–Kier alpha value is -1.22. The average molecular weight is 330 g/mol. The molecular formula is C20H26O2S. The van der Waals surface area contributed by atoms with E-state index in [9.17, 15) is 4.79 Å². The summed E-state index contributed by atoms with van der Waals surface area (Å²) in [5.41, 5.74) is 3.03. The van der Waals surface area contributed by atoms with Gasteiger partial charge in [0.05, 0.1) is 12.2 Å². The summed E-state index contributed by atoms with van der Waals surface area (Å²) >= 11 is 1.97. The molecule has 0 aromatic heterocycles. The molecule has 23 heavy (non-hydrogen) atoms. The lowest BCUT2D eigenvalue weighted by molar-refractivity contribution is -0.136. The minimum absolute atomic E-state index is 0.179. The lowest BCUT2D eigenvalue weighted by Gasteiger charge is -2.13. The first-order chi connectivity index (χ1) is 11.2. The normalized spacial score (nSPS) is 19.1. The molecule has 2 aliphatic rings. The van der Waals surface area contributed by atoms with E-state index in [1.54, 1.807) is 0 Å². The Morgan fingerprint density at radius 2 is 2.00 bits per heavy atom. The van der Waals surface area contributed by atoms with E-state index in [4.69, 9.17) is 4.74 Å². The number of ether oxygens (including phenoxy) is 1. The van der Waals surface area contributed by atoms with Gasteiger partial charge in [-0.2, -0.15) is 0 Å². The van der Waals surface area contributed by atoms with Gasteiger partial charge >= 0.3 is 5.97 Å². The van der Waals surface area contributed by atoms with Gasteiger partial charge in [-0.05, 0) is 62.6 Å². The second kappa shape index (κ2) is 7.57. The molecule has 3 rings (SSSR count). The maximum Gasteiger partial charge on any atom is 0.338 e. The predicted molar refractivity (Wildman–Crippen MR) is 96.6 cm³/mol. The smallest absolute Gasteiger partial charge is 0.338 e. The van der Waals surface area contributed by atoms with Crippen molar-refractivity contribution in [1.29, 1.82) is 0 Å². The predicted octanol–water partition coefficient (Wildman–Crippen LogP) is 5.39. The van der Waals surface area contributed by atoms with Gasteiger partial charge in [-0.1, -0.05) is 31.1 Å². The second-order valence-corrected chi connectivity index (χ2v) is 7.99. The van der Waals surface area contributed by atoms with Crippen molar-refractivity contribution in [3.05, 3.63) is 35.4 Å². The van der Waals surface area contributed by atoms with Gasteiger partial charge in [0, 0.05) is 10.1 Å². The molecule has 0 aliphatic heterocycles. The number of allylic oxidation sites excluding steroid dienone is 1. The Balaban J connectivity index is 1.85. The van der Waals surface area contributed by atoms with Crippen LogP contribution in [-0.4, -0.2) is 17.8 Å². The van der Waals surface area contributed by atoms with Crippen molar-refractivity contribution in [3.63, 3.8) is 0 Å². The summed E-state index contributed by atoms with van der Waals surface area (Å²) < 4.78 is 5.30. The third-order valence-electron chi connectivity index (χ3n) is 4.60. The fraction of sp³-hybridized carbons (Fsp3) is 0.550. The number of benzene rings is 1. The number of rotatable bonds is 6. The molecule has 2 aliphatic carbocycles. The van der Waals surface area contributed by atoms with Gasteiger partial charge in [0.15, 0.2) is 0 Å². The van der Waals surface area contributed by atoms with Crippen LogP contribution >= 0.6 is 11.8 Å². The van der Waals surface area contributed by atoms with Crippen molar-refractivity contribution in [1.82, 2.24) is 0 Å². The highest BCUT2D eigenvalue weighted by atomic mass is 32.2. The fourth-order valence-corrected chi connectivity index (χ4v) is 4.29. The Labute approximate surface area is 143 Å². The monoisotopic (exact) mass is 330 g/mol. The van der Waals surface area contributed by atoms with Crippen LogP contribution in [0.5, 0.6) is 0 Å². The highest BCUT2D eigenvalue weighted by Crippen LogP contribution is 2.41. The van der Waals surface area contributed by atoms with Gasteiger partial charge in [0.2, 0.25) is 0 Å². The van der Waals surface area contributed by atoms with Crippen LogP contribution in [0.15, 0.2) is 29.2 Å². The lowest BCUT2D eigenvalue weighted by Crippen LogP contribution is -2.08. The van der Waals surface area contributed by atoms with Crippen LogP contribution in [0, 0.1) is 12.8 Å². The zero-order valence-electron chi connectivity index (χ0n) is 14.1. The molecule has 1 aromatic rings. The number of aryl methyl sites for hydroxylation is 1. The molecule has 1 aromatic carbocycles. The maximum absolute atomic E-state index is 12.4. The summed E-state index contributed by atoms with van der Waals surface area (Å²) in [5.74, 6) is 0.344. The van der Waals surface area contributed by atoms with E-state index in [1.165, 1.54) is 49.0 Å². The lowest BCUT2D eigenvalue weighted by atomic mass is 9.97. The Morgan fingerprint density at radius 3 is 2.61 bits per heavy atom. The number of carbonyl (C=O) groups excluding carboxylic acids is 1. The Bertz CT molecular complexity index is 596. The minimum Gasteiger partial charge on any atom is -0.462 e. The van der Waals surface area contributed by atoms with E-state index in [-0.39, 0.29) is 5.97 Å². The van der Waals surface area contributed by atoms with Crippen molar-refractivity contribution < 1.29 is 9.53 Å². The number of thioether (sulfide) groups is 1. The summed E-state index contributed by atoms with van der Waals surface area (Å²) in [4.78, 5) is 13.8.